The van der Waals surface area contributed by atoms with Crippen molar-refractivity contribution in [2.75, 3.05) is 5.32 Å². The van der Waals surface area contributed by atoms with Crippen LogP contribution in [0.4, 0.5) is 5.69 Å². The molecule has 2 aromatic carbocycles. The van der Waals surface area contributed by atoms with Gasteiger partial charge in [-0.25, -0.2) is 0 Å². The average Bonchev–Trinajstić information content (AvgIpc) is 2.88. The van der Waals surface area contributed by atoms with Crippen molar-refractivity contribution in [1.82, 2.24) is 4.90 Å². The van der Waals surface area contributed by atoms with Crippen LogP contribution in [0.5, 0.6) is 0 Å². The van der Waals surface area contributed by atoms with Crippen LogP contribution in [0.2, 0.25) is 0 Å². The Labute approximate surface area is 156 Å². The Morgan fingerprint density at radius 1 is 0.926 bits per heavy atom. The van der Waals surface area contributed by atoms with Crippen LogP contribution in [0.15, 0.2) is 48.5 Å². The largest absolute Gasteiger partial charge is 0.366 e. The van der Waals surface area contributed by atoms with Crippen LogP contribution in [0, 0.1) is 5.92 Å². The van der Waals surface area contributed by atoms with Crippen molar-refractivity contribution in [2.24, 2.45) is 11.7 Å². The van der Waals surface area contributed by atoms with Gasteiger partial charge in [-0.1, -0.05) is 26.0 Å². The van der Waals surface area contributed by atoms with E-state index in [9.17, 15) is 19.2 Å². The Hall–Kier alpha value is -3.48. The highest BCUT2D eigenvalue weighted by Gasteiger charge is 2.43. The van der Waals surface area contributed by atoms with Crippen LogP contribution in [-0.4, -0.2) is 34.6 Å². The Morgan fingerprint density at radius 3 is 1.89 bits per heavy atom. The van der Waals surface area contributed by atoms with Crippen molar-refractivity contribution in [2.45, 2.75) is 19.9 Å². The molecule has 0 bridgehead atoms. The molecule has 1 aliphatic heterocycles. The summed E-state index contributed by atoms with van der Waals surface area (Å²) in [5.74, 6) is -2.30. The van der Waals surface area contributed by atoms with Crippen molar-refractivity contribution in [3.63, 3.8) is 0 Å². The number of rotatable bonds is 5. The molecular formula is C20H19N3O4. The van der Waals surface area contributed by atoms with Crippen LogP contribution < -0.4 is 11.1 Å². The lowest BCUT2D eigenvalue weighted by Gasteiger charge is -2.28. The number of nitrogens with two attached hydrogens (primary N) is 1. The van der Waals surface area contributed by atoms with E-state index in [1.54, 1.807) is 38.1 Å². The van der Waals surface area contributed by atoms with Crippen LogP contribution in [0.3, 0.4) is 0 Å². The Balaban J connectivity index is 1.86. The van der Waals surface area contributed by atoms with E-state index in [4.69, 9.17) is 5.73 Å². The van der Waals surface area contributed by atoms with E-state index in [1.807, 2.05) is 0 Å². The number of hydrogen-bond donors (Lipinski definition) is 2. The van der Waals surface area contributed by atoms with Gasteiger partial charge in [0.2, 0.25) is 11.8 Å². The Kier molecular flexibility index (Phi) is 4.77. The number of benzene rings is 2. The number of carbonyl (C=O) groups excluding carboxylic acids is 4. The van der Waals surface area contributed by atoms with Gasteiger partial charge in [0.05, 0.1) is 11.1 Å². The molecule has 7 heteroatoms. The first-order valence-corrected chi connectivity index (χ1v) is 8.49. The molecule has 0 radical (unpaired) electrons. The first-order valence-electron chi connectivity index (χ1n) is 8.49. The summed E-state index contributed by atoms with van der Waals surface area (Å²) in [6.45, 7) is 3.54. The topological polar surface area (TPSA) is 110 Å². The number of amides is 4. The first-order chi connectivity index (χ1) is 12.8. The molecule has 0 fully saturated rings. The number of anilines is 1. The molecule has 4 amide bonds. The number of hydrogen-bond acceptors (Lipinski definition) is 4. The van der Waals surface area contributed by atoms with Crippen LogP contribution >= 0.6 is 0 Å². The Morgan fingerprint density at radius 2 is 1.44 bits per heavy atom. The SMILES string of the molecule is CC(C)C(C(=O)Nc1ccc(C(N)=O)cc1)N1C(=O)c2ccccc2C1=O. The van der Waals surface area contributed by atoms with Crippen molar-refractivity contribution in [3.05, 3.63) is 65.2 Å². The number of primary amides is 1. The second-order valence-corrected chi connectivity index (χ2v) is 6.65. The molecular weight excluding hydrogens is 346 g/mol. The highest BCUT2D eigenvalue weighted by molar-refractivity contribution is 6.23. The molecule has 1 heterocycles. The molecule has 27 heavy (non-hydrogen) atoms. The molecule has 1 atom stereocenters. The quantitative estimate of drug-likeness (QED) is 0.790. The molecule has 138 valence electrons. The van der Waals surface area contributed by atoms with Crippen molar-refractivity contribution in [1.29, 1.82) is 0 Å². The third kappa shape index (κ3) is 3.31. The number of nitrogens with one attached hydrogen (secondary N) is 1. The molecule has 3 N–H and O–H groups in total. The molecule has 0 saturated carbocycles. The third-order valence-corrected chi connectivity index (χ3v) is 4.44. The van der Waals surface area contributed by atoms with E-state index in [0.29, 0.717) is 22.4 Å². The van der Waals surface area contributed by atoms with E-state index >= 15 is 0 Å². The molecule has 3 rings (SSSR count). The number of imide groups is 1. The lowest BCUT2D eigenvalue weighted by molar-refractivity contribution is -0.121. The predicted octanol–water partition coefficient (Wildman–Crippen LogP) is 2.04. The standard InChI is InChI=1S/C20H19N3O4/c1-11(2)16(18(25)22-13-9-7-12(8-10-13)17(21)24)23-19(26)14-5-3-4-6-15(14)20(23)27/h3-11,16H,1-2H3,(H2,21,24)(H,22,25). The van der Waals surface area contributed by atoms with Gasteiger partial charge >= 0.3 is 0 Å². The van der Waals surface area contributed by atoms with Crippen molar-refractivity contribution in [3.8, 4) is 0 Å². The van der Waals surface area contributed by atoms with Gasteiger partial charge in [-0.2, -0.15) is 0 Å². The molecule has 0 saturated heterocycles. The van der Waals surface area contributed by atoms with Gasteiger partial charge in [-0.15, -0.1) is 0 Å². The van der Waals surface area contributed by atoms with Gasteiger partial charge in [0, 0.05) is 11.3 Å². The summed E-state index contributed by atoms with van der Waals surface area (Å²) in [7, 11) is 0. The fraction of sp³-hybridized carbons (Fsp3) is 0.200. The van der Waals surface area contributed by atoms with Crippen LogP contribution in [0.25, 0.3) is 0 Å². The lowest BCUT2D eigenvalue weighted by atomic mass is 10.0. The van der Waals surface area contributed by atoms with Gasteiger partial charge in [0.1, 0.15) is 6.04 Å². The van der Waals surface area contributed by atoms with E-state index in [0.717, 1.165) is 4.90 Å². The van der Waals surface area contributed by atoms with Crippen molar-refractivity contribution < 1.29 is 19.2 Å². The maximum atomic E-state index is 12.9. The summed E-state index contributed by atoms with van der Waals surface area (Å²) in [6.07, 6.45) is 0. The molecule has 2 aromatic rings. The minimum atomic E-state index is -0.965. The van der Waals surface area contributed by atoms with E-state index in [2.05, 4.69) is 5.32 Å². The summed E-state index contributed by atoms with van der Waals surface area (Å²) in [6, 6.07) is 11.6. The minimum absolute atomic E-state index is 0.294. The van der Waals surface area contributed by atoms with Gasteiger partial charge in [0.15, 0.2) is 0 Å². The number of fused-ring (bicyclic) bond motifs is 1. The summed E-state index contributed by atoms with van der Waals surface area (Å²) in [5.41, 5.74) is 6.55. The summed E-state index contributed by atoms with van der Waals surface area (Å²) >= 11 is 0. The zero-order valence-corrected chi connectivity index (χ0v) is 14.9. The van der Waals surface area contributed by atoms with Gasteiger partial charge in [0.25, 0.3) is 11.8 Å². The molecule has 0 aromatic heterocycles. The summed E-state index contributed by atoms with van der Waals surface area (Å²) in [4.78, 5) is 50.4. The first kappa shape index (κ1) is 18.3. The minimum Gasteiger partial charge on any atom is -0.366 e. The molecule has 7 nitrogen and oxygen atoms in total. The summed E-state index contributed by atoms with van der Waals surface area (Å²) in [5, 5.41) is 2.70. The molecule has 1 aliphatic rings. The highest BCUT2D eigenvalue weighted by Crippen LogP contribution is 2.27. The number of nitrogens with zero attached hydrogens (tertiary/aromatic N) is 1. The third-order valence-electron chi connectivity index (χ3n) is 4.44. The van der Waals surface area contributed by atoms with Crippen LogP contribution in [-0.2, 0) is 4.79 Å². The van der Waals surface area contributed by atoms with Crippen molar-refractivity contribution >= 4 is 29.3 Å². The monoisotopic (exact) mass is 365 g/mol. The predicted molar refractivity (Wildman–Crippen MR) is 99.2 cm³/mol. The highest BCUT2D eigenvalue weighted by atomic mass is 16.2. The lowest BCUT2D eigenvalue weighted by Crippen LogP contribution is -2.50. The second kappa shape index (κ2) is 7.03. The fourth-order valence-electron chi connectivity index (χ4n) is 3.11. The average molecular weight is 365 g/mol. The molecule has 0 spiro atoms. The fourth-order valence-corrected chi connectivity index (χ4v) is 3.11. The normalized spacial score (nSPS) is 14.3. The maximum absolute atomic E-state index is 12.9. The second-order valence-electron chi connectivity index (χ2n) is 6.65. The van der Waals surface area contributed by atoms with E-state index in [-0.39, 0.29) is 5.92 Å². The molecule has 0 aliphatic carbocycles. The van der Waals surface area contributed by atoms with Crippen LogP contribution in [0.1, 0.15) is 44.9 Å². The van der Waals surface area contributed by atoms with Gasteiger partial charge in [-0.05, 0) is 42.3 Å². The molecule has 1 unspecified atom stereocenters. The Bertz CT molecular complexity index is 899. The zero-order chi connectivity index (χ0) is 19.7. The van der Waals surface area contributed by atoms with E-state index in [1.165, 1.54) is 24.3 Å². The van der Waals surface area contributed by atoms with Gasteiger partial charge < -0.3 is 11.1 Å². The smallest absolute Gasteiger partial charge is 0.262 e. The summed E-state index contributed by atoms with van der Waals surface area (Å²) < 4.78 is 0. The maximum Gasteiger partial charge on any atom is 0.262 e. The van der Waals surface area contributed by atoms with E-state index < -0.39 is 29.7 Å². The number of carbonyl (C=O) groups is 4. The zero-order valence-electron chi connectivity index (χ0n) is 14.9. The van der Waals surface area contributed by atoms with Gasteiger partial charge in [-0.3, -0.25) is 24.1 Å².